The zero-order valence-corrected chi connectivity index (χ0v) is 24.3. The average Bonchev–Trinajstić information content (AvgIpc) is 3.04. The summed E-state index contributed by atoms with van der Waals surface area (Å²) in [5.41, 5.74) is 1.20. The number of hydrogen-bond donors (Lipinski definition) is 1. The van der Waals surface area contributed by atoms with Crippen LogP contribution in [0, 0.1) is 0 Å². The normalized spacial score (nSPS) is 13.1. The second-order valence-electron chi connectivity index (χ2n) is 12.1. The van der Waals surface area contributed by atoms with E-state index in [9.17, 15) is 9.59 Å². The molecular weight excluding hydrogens is 462 g/mol. The van der Waals surface area contributed by atoms with E-state index in [0.29, 0.717) is 12.1 Å². The SMILES string of the molecule is CCOC(=O)c1cn2nc(CCC(C)(C)O[Si](C)(C)C(C)(C)C)cc2cc1NC(=O)OC(C)(C)C. The number of amides is 1. The Morgan fingerprint density at radius 1 is 1.06 bits per heavy atom. The van der Waals surface area contributed by atoms with Gasteiger partial charge < -0.3 is 13.9 Å². The van der Waals surface area contributed by atoms with Gasteiger partial charge in [0.1, 0.15) is 11.2 Å². The number of hydrogen-bond acceptors (Lipinski definition) is 6. The topological polar surface area (TPSA) is 91.2 Å². The molecule has 0 saturated heterocycles. The monoisotopic (exact) mass is 505 g/mol. The van der Waals surface area contributed by atoms with Gasteiger partial charge in [0, 0.05) is 6.20 Å². The third-order valence-corrected chi connectivity index (χ3v) is 10.8. The summed E-state index contributed by atoms with van der Waals surface area (Å²) in [6, 6.07) is 3.67. The van der Waals surface area contributed by atoms with Crippen LogP contribution in [0.5, 0.6) is 0 Å². The zero-order chi connectivity index (χ0) is 26.8. The van der Waals surface area contributed by atoms with E-state index in [2.05, 4.69) is 58.1 Å². The number of anilines is 1. The molecule has 0 unspecified atom stereocenters. The van der Waals surface area contributed by atoms with Crippen LogP contribution in [0.1, 0.15) is 84.8 Å². The van der Waals surface area contributed by atoms with Crippen molar-refractivity contribution in [3.05, 3.63) is 29.6 Å². The number of rotatable bonds is 8. The van der Waals surface area contributed by atoms with Gasteiger partial charge in [-0.3, -0.25) is 5.32 Å². The van der Waals surface area contributed by atoms with Crippen molar-refractivity contribution in [1.29, 1.82) is 0 Å². The van der Waals surface area contributed by atoms with Crippen LogP contribution in [0.4, 0.5) is 10.5 Å². The van der Waals surface area contributed by atoms with Gasteiger partial charge in [0.15, 0.2) is 8.32 Å². The van der Waals surface area contributed by atoms with E-state index < -0.39 is 26.0 Å². The molecule has 0 spiro atoms. The Morgan fingerprint density at radius 3 is 2.23 bits per heavy atom. The predicted molar refractivity (Wildman–Crippen MR) is 142 cm³/mol. The van der Waals surface area contributed by atoms with Gasteiger partial charge in [0.05, 0.1) is 29.1 Å². The molecule has 0 aromatic carbocycles. The van der Waals surface area contributed by atoms with E-state index in [-0.39, 0.29) is 22.8 Å². The Balaban J connectivity index is 2.29. The molecule has 0 atom stereocenters. The van der Waals surface area contributed by atoms with Crippen molar-refractivity contribution < 1.29 is 23.5 Å². The lowest BCUT2D eigenvalue weighted by atomic mass is 10.0. The van der Waals surface area contributed by atoms with Gasteiger partial charge >= 0.3 is 12.1 Å². The molecule has 0 radical (unpaired) electrons. The Labute approximate surface area is 210 Å². The highest BCUT2D eigenvalue weighted by molar-refractivity contribution is 6.74. The highest BCUT2D eigenvalue weighted by atomic mass is 28.4. The van der Waals surface area contributed by atoms with Gasteiger partial charge in [-0.2, -0.15) is 5.10 Å². The lowest BCUT2D eigenvalue weighted by Gasteiger charge is -2.42. The first-order valence-corrected chi connectivity index (χ1v) is 15.1. The Morgan fingerprint density at radius 2 is 1.69 bits per heavy atom. The molecule has 196 valence electrons. The summed E-state index contributed by atoms with van der Waals surface area (Å²) in [5, 5.41) is 7.48. The molecule has 8 nitrogen and oxygen atoms in total. The molecule has 2 aromatic heterocycles. The van der Waals surface area contributed by atoms with Crippen molar-refractivity contribution in [2.24, 2.45) is 0 Å². The molecule has 1 N–H and O–H groups in total. The first-order valence-electron chi connectivity index (χ1n) is 12.2. The van der Waals surface area contributed by atoms with Crippen LogP contribution in [-0.2, 0) is 20.3 Å². The van der Waals surface area contributed by atoms with E-state index in [1.165, 1.54) is 0 Å². The number of carbonyl (C=O) groups excluding carboxylic acids is 2. The number of nitrogens with one attached hydrogen (secondary N) is 1. The molecule has 0 aliphatic carbocycles. The Hall–Kier alpha value is -2.39. The summed E-state index contributed by atoms with van der Waals surface area (Å²) in [5.74, 6) is -0.540. The van der Waals surface area contributed by atoms with Gasteiger partial charge in [-0.15, -0.1) is 0 Å². The molecule has 9 heteroatoms. The maximum atomic E-state index is 12.6. The standard InChI is InChI=1S/C26H43N3O5Si/c1-12-32-22(30)20-17-29-19(16-21(20)27-23(31)33-24(2,3)4)15-18(28-29)13-14-26(8,9)34-35(10,11)25(5,6)7/h15-17H,12-14H2,1-11H3,(H,27,31). The molecule has 0 saturated carbocycles. The number of ether oxygens (including phenoxy) is 2. The fraction of sp³-hybridized carbons (Fsp3) is 0.654. The number of fused-ring (bicyclic) bond motifs is 1. The first-order chi connectivity index (χ1) is 15.8. The van der Waals surface area contributed by atoms with Crippen molar-refractivity contribution in [2.75, 3.05) is 11.9 Å². The number of aromatic nitrogens is 2. The van der Waals surface area contributed by atoms with Crippen LogP contribution in [0.15, 0.2) is 18.3 Å². The number of nitrogens with zero attached hydrogens (tertiary/aromatic N) is 2. The maximum Gasteiger partial charge on any atom is 0.412 e. The second-order valence-corrected chi connectivity index (χ2v) is 16.8. The molecular formula is C26H43N3O5Si. The van der Waals surface area contributed by atoms with Gasteiger partial charge in [0.25, 0.3) is 0 Å². The number of esters is 1. The summed E-state index contributed by atoms with van der Waals surface area (Å²) < 4.78 is 18.8. The summed E-state index contributed by atoms with van der Waals surface area (Å²) in [4.78, 5) is 25.0. The van der Waals surface area contributed by atoms with E-state index >= 15 is 0 Å². The first kappa shape index (κ1) is 28.8. The quantitative estimate of drug-likeness (QED) is 0.321. The molecule has 35 heavy (non-hydrogen) atoms. The summed E-state index contributed by atoms with van der Waals surface area (Å²) in [6.45, 7) is 22.8. The van der Waals surface area contributed by atoms with Gasteiger partial charge in [0.2, 0.25) is 0 Å². The molecule has 0 bridgehead atoms. The van der Waals surface area contributed by atoms with Crippen LogP contribution in [0.25, 0.3) is 5.52 Å². The maximum absolute atomic E-state index is 12.6. The third kappa shape index (κ3) is 8.07. The molecule has 2 heterocycles. The molecule has 2 aromatic rings. The van der Waals surface area contributed by atoms with Crippen LogP contribution in [-0.4, -0.2) is 47.8 Å². The minimum Gasteiger partial charge on any atom is -0.462 e. The molecule has 0 fully saturated rings. The summed E-state index contributed by atoms with van der Waals surface area (Å²) in [7, 11) is -1.91. The number of pyridine rings is 1. The highest BCUT2D eigenvalue weighted by Crippen LogP contribution is 2.40. The second kappa shape index (κ2) is 10.3. The van der Waals surface area contributed by atoms with Crippen molar-refractivity contribution in [3.8, 4) is 0 Å². The van der Waals surface area contributed by atoms with Crippen LogP contribution in [0.3, 0.4) is 0 Å². The van der Waals surface area contributed by atoms with Gasteiger partial charge in [-0.1, -0.05) is 20.8 Å². The van der Waals surface area contributed by atoms with Crippen LogP contribution >= 0.6 is 0 Å². The van der Waals surface area contributed by atoms with E-state index in [4.69, 9.17) is 13.9 Å². The fourth-order valence-corrected chi connectivity index (χ4v) is 5.21. The van der Waals surface area contributed by atoms with Crippen molar-refractivity contribution in [1.82, 2.24) is 9.61 Å². The zero-order valence-electron chi connectivity index (χ0n) is 23.3. The van der Waals surface area contributed by atoms with Crippen LogP contribution in [0.2, 0.25) is 18.1 Å². The number of aryl methyl sites for hydroxylation is 1. The summed E-state index contributed by atoms with van der Waals surface area (Å²) in [6.07, 6.45) is 2.46. The number of carbonyl (C=O) groups is 2. The Bertz CT molecular complexity index is 1060. The molecule has 0 aliphatic heterocycles. The largest absolute Gasteiger partial charge is 0.462 e. The third-order valence-electron chi connectivity index (χ3n) is 6.10. The average molecular weight is 506 g/mol. The highest BCUT2D eigenvalue weighted by Gasteiger charge is 2.41. The summed E-state index contributed by atoms with van der Waals surface area (Å²) >= 11 is 0. The molecule has 0 aliphatic rings. The lowest BCUT2D eigenvalue weighted by molar-refractivity contribution is 0.0526. The lowest BCUT2D eigenvalue weighted by Crippen LogP contribution is -2.47. The smallest absolute Gasteiger partial charge is 0.412 e. The van der Waals surface area contributed by atoms with Crippen LogP contribution < -0.4 is 5.32 Å². The van der Waals surface area contributed by atoms with Gasteiger partial charge in [-0.25, -0.2) is 14.1 Å². The van der Waals surface area contributed by atoms with Crippen molar-refractivity contribution in [2.45, 2.75) is 104 Å². The predicted octanol–water partition coefficient (Wildman–Crippen LogP) is 6.59. The minimum absolute atomic E-state index is 0.133. The van der Waals surface area contributed by atoms with E-state index in [1.807, 2.05) is 6.07 Å². The van der Waals surface area contributed by atoms with E-state index in [1.54, 1.807) is 44.5 Å². The Kier molecular flexibility index (Phi) is 8.49. The fourth-order valence-electron chi connectivity index (χ4n) is 3.43. The van der Waals surface area contributed by atoms with Gasteiger partial charge in [-0.05, 0) is 84.6 Å². The van der Waals surface area contributed by atoms with Crippen molar-refractivity contribution >= 4 is 31.6 Å². The minimum atomic E-state index is -1.91. The molecule has 2 rings (SSSR count). The van der Waals surface area contributed by atoms with E-state index in [0.717, 1.165) is 17.6 Å². The molecule has 1 amide bonds. The van der Waals surface area contributed by atoms with Crippen molar-refractivity contribution in [3.63, 3.8) is 0 Å².